The molecule has 0 spiro atoms. The molecule has 3 heterocycles. The second kappa shape index (κ2) is 6.61. The van der Waals surface area contributed by atoms with E-state index in [2.05, 4.69) is 14.8 Å². The van der Waals surface area contributed by atoms with Crippen LogP contribution in [0.4, 0.5) is 25.0 Å². The van der Waals surface area contributed by atoms with E-state index in [1.54, 1.807) is 12.4 Å². The molecule has 1 saturated heterocycles. The van der Waals surface area contributed by atoms with Crippen molar-refractivity contribution < 1.29 is 13.6 Å². The number of carbonyl (C=O) groups is 1. The third kappa shape index (κ3) is 2.83. The molecule has 0 N–H and O–H groups in total. The molecule has 1 fully saturated rings. The van der Waals surface area contributed by atoms with Gasteiger partial charge in [-0.05, 0) is 12.1 Å². The number of fused-ring (bicyclic) bond motifs is 1. The molecule has 1 aromatic carbocycles. The van der Waals surface area contributed by atoms with E-state index in [1.807, 2.05) is 24.3 Å². The first kappa shape index (κ1) is 16.8. The minimum Gasteiger partial charge on any atom is -0.287 e. The second-order valence-corrected chi connectivity index (χ2v) is 5.99. The molecule has 0 saturated carbocycles. The number of hydrogen-bond acceptors (Lipinski definition) is 3. The fourth-order valence-corrected chi connectivity index (χ4v) is 3.14. The van der Waals surface area contributed by atoms with Crippen molar-refractivity contribution in [2.24, 2.45) is 0 Å². The van der Waals surface area contributed by atoms with Crippen molar-refractivity contribution in [2.75, 3.05) is 16.3 Å². The minimum absolute atomic E-state index is 0.112. The Kier molecular flexibility index (Phi) is 4.12. The molecule has 2 amide bonds. The number of alkyl halides is 2. The first-order chi connectivity index (χ1) is 13.1. The van der Waals surface area contributed by atoms with Gasteiger partial charge in [-0.15, -0.1) is 0 Å². The molecule has 0 aliphatic carbocycles. The number of hydrogen-bond donors (Lipinski definition) is 0. The molecule has 4 rings (SSSR count). The summed E-state index contributed by atoms with van der Waals surface area (Å²) >= 11 is 0. The normalized spacial score (nSPS) is 17.0. The first-order valence-corrected chi connectivity index (χ1v) is 8.14. The summed E-state index contributed by atoms with van der Waals surface area (Å²) in [5.41, 5.74) is 0.551. The van der Waals surface area contributed by atoms with Crippen LogP contribution in [0.15, 0.2) is 55.0 Å². The highest BCUT2D eigenvalue weighted by atomic mass is 19.3. The van der Waals surface area contributed by atoms with Gasteiger partial charge in [0.2, 0.25) is 0 Å². The van der Waals surface area contributed by atoms with E-state index in [0.717, 1.165) is 10.8 Å². The van der Waals surface area contributed by atoms with Gasteiger partial charge >= 0.3 is 12.2 Å². The molecular formula is C19H13F2N5O. The minimum atomic E-state index is -2.68. The number of amides is 2. The number of rotatable bonds is 3. The molecule has 1 atom stereocenters. The monoisotopic (exact) mass is 365 g/mol. The molecule has 27 heavy (non-hydrogen) atoms. The van der Waals surface area contributed by atoms with Crippen LogP contribution in [0.25, 0.3) is 15.6 Å². The fraction of sp³-hybridized carbons (Fsp3) is 0.158. The lowest BCUT2D eigenvalue weighted by molar-refractivity contribution is 0.146. The first-order valence-electron chi connectivity index (χ1n) is 8.14. The Morgan fingerprint density at radius 1 is 1.15 bits per heavy atom. The fourth-order valence-electron chi connectivity index (χ4n) is 3.14. The van der Waals surface area contributed by atoms with E-state index < -0.39 is 18.6 Å². The highest BCUT2D eigenvalue weighted by molar-refractivity contribution is 6.11. The van der Waals surface area contributed by atoms with Crippen molar-refractivity contribution in [1.29, 1.82) is 0 Å². The number of benzene rings is 1. The van der Waals surface area contributed by atoms with Crippen LogP contribution in [0, 0.1) is 6.57 Å². The lowest BCUT2D eigenvalue weighted by atomic mass is 10.1. The maximum atomic E-state index is 13.0. The van der Waals surface area contributed by atoms with E-state index >= 15 is 0 Å². The zero-order valence-corrected chi connectivity index (χ0v) is 14.0. The van der Waals surface area contributed by atoms with E-state index in [9.17, 15) is 13.6 Å². The number of nitrogens with zero attached hydrogens (tertiary/aromatic N) is 5. The summed E-state index contributed by atoms with van der Waals surface area (Å²) < 4.78 is 25.4. The Morgan fingerprint density at radius 2 is 1.96 bits per heavy atom. The molecular weight excluding hydrogens is 352 g/mol. The Balaban J connectivity index is 1.74. The standard InChI is InChI=1S/C19H13F2N5O/c1-22-17-11-25(13-6-7-15(18(20)21)24-9-13)19(27)26(17)16-10-23-8-12-4-2-3-5-14(12)16/h2-10,17-18H,11H2/t17-/m0/s1. The Morgan fingerprint density at radius 3 is 2.67 bits per heavy atom. The molecule has 2 aromatic heterocycles. The van der Waals surface area contributed by atoms with Crippen molar-refractivity contribution in [1.82, 2.24) is 9.97 Å². The third-order valence-electron chi connectivity index (χ3n) is 4.44. The van der Waals surface area contributed by atoms with Crippen LogP contribution < -0.4 is 9.80 Å². The highest BCUT2D eigenvalue weighted by Gasteiger charge is 2.44. The number of urea groups is 1. The average molecular weight is 365 g/mol. The number of pyridine rings is 2. The summed E-state index contributed by atoms with van der Waals surface area (Å²) in [6.07, 6.45) is 1.05. The molecule has 8 heteroatoms. The second-order valence-electron chi connectivity index (χ2n) is 5.99. The molecule has 0 unspecified atom stereocenters. The Bertz CT molecular complexity index is 1040. The van der Waals surface area contributed by atoms with E-state index in [-0.39, 0.29) is 12.2 Å². The predicted molar refractivity (Wildman–Crippen MR) is 96.5 cm³/mol. The number of carbonyl (C=O) groups excluding carboxylic acids is 1. The number of anilines is 2. The topological polar surface area (TPSA) is 53.7 Å². The molecule has 1 aliphatic rings. The summed E-state index contributed by atoms with van der Waals surface area (Å²) in [5, 5.41) is 1.66. The summed E-state index contributed by atoms with van der Waals surface area (Å²) in [6.45, 7) is 7.60. The lowest BCUT2D eigenvalue weighted by Gasteiger charge is -2.18. The maximum absolute atomic E-state index is 13.0. The number of aromatic nitrogens is 2. The van der Waals surface area contributed by atoms with Crippen molar-refractivity contribution in [3.8, 4) is 0 Å². The van der Waals surface area contributed by atoms with Gasteiger partial charge in [-0.1, -0.05) is 24.3 Å². The summed E-state index contributed by atoms with van der Waals surface area (Å²) in [7, 11) is 0. The van der Waals surface area contributed by atoms with Crippen LogP contribution in [0.1, 0.15) is 12.1 Å². The summed E-state index contributed by atoms with van der Waals surface area (Å²) in [4.78, 5) is 27.3. The largest absolute Gasteiger partial charge is 0.335 e. The third-order valence-corrected chi connectivity index (χ3v) is 4.44. The molecule has 0 radical (unpaired) electrons. The SMILES string of the molecule is [C-]#[N+][C@@H]1CN(c2ccc(C(F)F)nc2)C(=O)N1c1cncc2ccccc12. The molecule has 0 bridgehead atoms. The smallest absolute Gasteiger partial charge is 0.287 e. The van der Waals surface area contributed by atoms with Crippen molar-refractivity contribution in [3.63, 3.8) is 0 Å². The molecule has 1 aliphatic heterocycles. The van der Waals surface area contributed by atoms with Gasteiger partial charge in [0.05, 0.1) is 23.8 Å². The summed E-state index contributed by atoms with van der Waals surface area (Å²) in [5.74, 6) is 0. The molecule has 6 nitrogen and oxygen atoms in total. The zero-order valence-electron chi connectivity index (χ0n) is 14.0. The Hall–Kier alpha value is -3.60. The van der Waals surface area contributed by atoms with E-state index in [0.29, 0.717) is 11.4 Å². The van der Waals surface area contributed by atoms with Gasteiger partial charge in [-0.3, -0.25) is 19.7 Å². The van der Waals surface area contributed by atoms with Gasteiger partial charge in [0.15, 0.2) is 0 Å². The van der Waals surface area contributed by atoms with Gasteiger partial charge in [0.1, 0.15) is 12.2 Å². The summed E-state index contributed by atoms with van der Waals surface area (Å²) in [6, 6.07) is 9.64. The van der Waals surface area contributed by atoms with Gasteiger partial charge in [-0.2, -0.15) is 0 Å². The van der Waals surface area contributed by atoms with Crippen LogP contribution in [-0.4, -0.2) is 28.7 Å². The predicted octanol–water partition coefficient (Wildman–Crippen LogP) is 4.26. The Labute approximate surface area is 153 Å². The van der Waals surface area contributed by atoms with Gasteiger partial charge in [0.25, 0.3) is 6.43 Å². The van der Waals surface area contributed by atoms with E-state index in [1.165, 1.54) is 28.1 Å². The van der Waals surface area contributed by atoms with Crippen LogP contribution in [0.3, 0.4) is 0 Å². The maximum Gasteiger partial charge on any atom is 0.335 e. The van der Waals surface area contributed by atoms with Crippen molar-refractivity contribution in [3.05, 3.63) is 72.1 Å². The van der Waals surface area contributed by atoms with E-state index in [4.69, 9.17) is 6.57 Å². The number of halogens is 2. The van der Waals surface area contributed by atoms with Gasteiger partial charge in [-0.25, -0.2) is 25.0 Å². The zero-order chi connectivity index (χ0) is 19.0. The van der Waals surface area contributed by atoms with Crippen molar-refractivity contribution in [2.45, 2.75) is 12.6 Å². The molecule has 3 aromatic rings. The van der Waals surface area contributed by atoms with Gasteiger partial charge in [0, 0.05) is 17.0 Å². The van der Waals surface area contributed by atoms with Crippen LogP contribution in [0.5, 0.6) is 0 Å². The van der Waals surface area contributed by atoms with Gasteiger partial charge < -0.3 is 0 Å². The average Bonchev–Trinajstić information content (AvgIpc) is 3.03. The van der Waals surface area contributed by atoms with Crippen LogP contribution >= 0.6 is 0 Å². The molecule has 134 valence electrons. The lowest BCUT2D eigenvalue weighted by Crippen LogP contribution is -2.34. The highest BCUT2D eigenvalue weighted by Crippen LogP contribution is 2.33. The van der Waals surface area contributed by atoms with Crippen LogP contribution in [-0.2, 0) is 0 Å². The van der Waals surface area contributed by atoms with Crippen LogP contribution in [0.2, 0.25) is 0 Å². The van der Waals surface area contributed by atoms with Crippen molar-refractivity contribution >= 4 is 28.2 Å². The quantitative estimate of drug-likeness (QED) is 0.652.